The first-order valence-corrected chi connectivity index (χ1v) is 8.22. The Kier molecular flexibility index (Phi) is 3.79. The summed E-state index contributed by atoms with van der Waals surface area (Å²) >= 11 is 0. The maximum Gasteiger partial charge on any atom is 0.153 e. The second-order valence-electron chi connectivity index (χ2n) is 7.71. The fraction of sp³-hybridized carbons (Fsp3) is 0.474. The predicted molar refractivity (Wildman–Crippen MR) is 93.6 cm³/mol. The number of phenols is 1. The molecule has 0 aromatic heterocycles. The van der Waals surface area contributed by atoms with Crippen molar-refractivity contribution >= 4 is 0 Å². The van der Waals surface area contributed by atoms with Crippen LogP contribution in [0.2, 0.25) is 0 Å². The van der Waals surface area contributed by atoms with Crippen molar-refractivity contribution in [3.63, 3.8) is 0 Å². The van der Waals surface area contributed by atoms with E-state index in [1.165, 1.54) is 0 Å². The van der Waals surface area contributed by atoms with Crippen LogP contribution in [0.5, 0.6) is 5.75 Å². The summed E-state index contributed by atoms with van der Waals surface area (Å²) in [7, 11) is 0. The number of hydrogen-bond acceptors (Lipinski definition) is 5. The van der Waals surface area contributed by atoms with E-state index in [-0.39, 0.29) is 22.6 Å². The van der Waals surface area contributed by atoms with Gasteiger partial charge >= 0.3 is 0 Å². The molecule has 3 rings (SSSR count). The van der Waals surface area contributed by atoms with Crippen LogP contribution in [-0.4, -0.2) is 43.7 Å². The van der Waals surface area contributed by atoms with E-state index in [4.69, 9.17) is 0 Å². The Hall–Kier alpha value is -1.82. The Morgan fingerprint density at radius 3 is 2.25 bits per heavy atom. The third-order valence-corrected chi connectivity index (χ3v) is 5.87. The SMILES string of the molecule is CC1(C)NCN(C2(O)C=CC=C(O)C2c2ccc(O)cc2)C1(C)C. The van der Waals surface area contributed by atoms with Crippen molar-refractivity contribution in [2.24, 2.45) is 0 Å². The van der Waals surface area contributed by atoms with Crippen molar-refractivity contribution in [2.75, 3.05) is 6.67 Å². The van der Waals surface area contributed by atoms with E-state index in [1.54, 1.807) is 42.5 Å². The standard InChI is InChI=1S/C19H26N2O3/c1-17(2)18(3,4)21(12-20-17)19(24)11-5-6-15(23)16(19)13-7-9-14(22)10-8-13/h5-11,16,20,22-24H,12H2,1-4H3. The molecule has 2 atom stereocenters. The van der Waals surface area contributed by atoms with E-state index < -0.39 is 11.6 Å². The fourth-order valence-electron chi connectivity index (χ4n) is 3.63. The number of allylic oxidation sites excluding steroid dienone is 2. The molecule has 130 valence electrons. The van der Waals surface area contributed by atoms with E-state index in [9.17, 15) is 15.3 Å². The third kappa shape index (κ3) is 2.35. The molecule has 1 aromatic carbocycles. The minimum atomic E-state index is -1.37. The number of phenolic OH excluding ortho intramolecular Hbond substituents is 1. The highest BCUT2D eigenvalue weighted by Gasteiger charge is 2.57. The summed E-state index contributed by atoms with van der Waals surface area (Å²) in [4.78, 5) is 1.98. The first-order valence-electron chi connectivity index (χ1n) is 8.22. The Balaban J connectivity index is 2.08. The Morgan fingerprint density at radius 1 is 1.08 bits per heavy atom. The van der Waals surface area contributed by atoms with Crippen LogP contribution in [0.15, 0.2) is 48.3 Å². The van der Waals surface area contributed by atoms with Gasteiger partial charge in [-0.15, -0.1) is 0 Å². The topological polar surface area (TPSA) is 76.0 Å². The van der Waals surface area contributed by atoms with E-state index in [0.29, 0.717) is 6.67 Å². The van der Waals surface area contributed by atoms with Gasteiger partial charge in [-0.25, -0.2) is 0 Å². The monoisotopic (exact) mass is 330 g/mol. The Morgan fingerprint density at radius 2 is 1.71 bits per heavy atom. The molecule has 5 nitrogen and oxygen atoms in total. The minimum Gasteiger partial charge on any atom is -0.511 e. The molecule has 2 unspecified atom stereocenters. The van der Waals surface area contributed by atoms with Crippen LogP contribution in [0, 0.1) is 0 Å². The number of aliphatic hydroxyl groups excluding tert-OH is 1. The lowest BCUT2D eigenvalue weighted by atomic mass is 9.77. The number of nitrogens with one attached hydrogen (secondary N) is 1. The molecule has 0 saturated carbocycles. The molecule has 4 N–H and O–H groups in total. The van der Waals surface area contributed by atoms with E-state index >= 15 is 0 Å². The summed E-state index contributed by atoms with van der Waals surface area (Å²) < 4.78 is 0. The maximum absolute atomic E-state index is 11.6. The normalized spacial score (nSPS) is 31.9. The number of benzene rings is 1. The zero-order valence-electron chi connectivity index (χ0n) is 14.6. The summed E-state index contributed by atoms with van der Waals surface area (Å²) in [5.41, 5.74) is -1.18. The first-order chi connectivity index (χ1) is 11.1. The zero-order chi connectivity index (χ0) is 17.8. The zero-order valence-corrected chi connectivity index (χ0v) is 14.6. The largest absolute Gasteiger partial charge is 0.511 e. The molecule has 5 heteroatoms. The average molecular weight is 330 g/mol. The van der Waals surface area contributed by atoms with Crippen molar-refractivity contribution in [3.8, 4) is 5.75 Å². The second-order valence-corrected chi connectivity index (χ2v) is 7.71. The van der Waals surface area contributed by atoms with Crippen LogP contribution in [0.3, 0.4) is 0 Å². The summed E-state index contributed by atoms with van der Waals surface area (Å²) in [6, 6.07) is 6.60. The molecule has 1 fully saturated rings. The predicted octanol–water partition coefficient (Wildman–Crippen LogP) is 2.60. The highest BCUT2D eigenvalue weighted by molar-refractivity contribution is 5.40. The van der Waals surface area contributed by atoms with Crippen molar-refractivity contribution in [1.29, 1.82) is 0 Å². The fourth-order valence-corrected chi connectivity index (χ4v) is 3.63. The van der Waals surface area contributed by atoms with Crippen LogP contribution in [-0.2, 0) is 0 Å². The van der Waals surface area contributed by atoms with Gasteiger partial charge in [0.05, 0.1) is 12.6 Å². The molecular formula is C19H26N2O3. The van der Waals surface area contributed by atoms with Crippen LogP contribution in [0.4, 0.5) is 0 Å². The summed E-state index contributed by atoms with van der Waals surface area (Å²) in [6.45, 7) is 8.88. The summed E-state index contributed by atoms with van der Waals surface area (Å²) in [5.74, 6) is -0.370. The minimum absolute atomic E-state index is 0.103. The van der Waals surface area contributed by atoms with Gasteiger partial charge in [-0.2, -0.15) is 0 Å². The number of nitrogens with zero attached hydrogens (tertiary/aromatic N) is 1. The van der Waals surface area contributed by atoms with Crippen molar-refractivity contribution in [3.05, 3.63) is 53.8 Å². The molecule has 1 aliphatic carbocycles. The first kappa shape index (κ1) is 17.0. The Labute approximate surface area is 142 Å². The third-order valence-electron chi connectivity index (χ3n) is 5.87. The molecule has 0 amide bonds. The number of rotatable bonds is 2. The highest BCUT2D eigenvalue weighted by Crippen LogP contribution is 2.46. The number of hydrogen-bond donors (Lipinski definition) is 4. The van der Waals surface area contributed by atoms with Gasteiger partial charge in [-0.05, 0) is 57.5 Å². The van der Waals surface area contributed by atoms with Crippen molar-refractivity contribution < 1.29 is 15.3 Å². The van der Waals surface area contributed by atoms with Crippen LogP contribution in [0.25, 0.3) is 0 Å². The molecule has 1 aromatic rings. The van der Waals surface area contributed by atoms with E-state index in [0.717, 1.165) is 5.56 Å². The molecule has 0 radical (unpaired) electrons. The quantitative estimate of drug-likeness (QED) is 0.671. The van der Waals surface area contributed by atoms with E-state index in [1.807, 2.05) is 4.90 Å². The second kappa shape index (κ2) is 5.34. The molecule has 0 bridgehead atoms. The van der Waals surface area contributed by atoms with Crippen LogP contribution in [0.1, 0.15) is 39.2 Å². The summed E-state index contributed by atoms with van der Waals surface area (Å²) in [6.07, 6.45) is 5.02. The lowest BCUT2D eigenvalue weighted by molar-refractivity contribution is -0.123. The van der Waals surface area contributed by atoms with Gasteiger partial charge in [0, 0.05) is 11.1 Å². The van der Waals surface area contributed by atoms with Gasteiger partial charge in [0.25, 0.3) is 0 Å². The van der Waals surface area contributed by atoms with Gasteiger partial charge < -0.3 is 15.3 Å². The smallest absolute Gasteiger partial charge is 0.153 e. The number of aromatic hydroxyl groups is 1. The Bertz CT molecular complexity index is 691. The van der Waals surface area contributed by atoms with Gasteiger partial charge in [-0.1, -0.05) is 18.2 Å². The molecule has 1 heterocycles. The van der Waals surface area contributed by atoms with Crippen molar-refractivity contribution in [1.82, 2.24) is 10.2 Å². The molecule has 1 aliphatic heterocycles. The highest BCUT2D eigenvalue weighted by atomic mass is 16.3. The molecular weight excluding hydrogens is 304 g/mol. The molecule has 1 saturated heterocycles. The lowest BCUT2D eigenvalue weighted by Gasteiger charge is -2.50. The molecule has 2 aliphatic rings. The van der Waals surface area contributed by atoms with Crippen LogP contribution >= 0.6 is 0 Å². The molecule has 0 spiro atoms. The van der Waals surface area contributed by atoms with Crippen LogP contribution < -0.4 is 5.32 Å². The van der Waals surface area contributed by atoms with Crippen molar-refractivity contribution in [2.45, 2.75) is 50.4 Å². The number of aliphatic hydroxyl groups is 2. The maximum atomic E-state index is 11.6. The van der Waals surface area contributed by atoms with Gasteiger partial charge in [-0.3, -0.25) is 10.2 Å². The van der Waals surface area contributed by atoms with Gasteiger partial charge in [0.2, 0.25) is 0 Å². The van der Waals surface area contributed by atoms with Gasteiger partial charge in [0.15, 0.2) is 5.72 Å². The van der Waals surface area contributed by atoms with E-state index in [2.05, 4.69) is 33.0 Å². The summed E-state index contributed by atoms with van der Waals surface area (Å²) in [5, 5.41) is 35.1. The average Bonchev–Trinajstić information content (AvgIpc) is 2.70. The van der Waals surface area contributed by atoms with Gasteiger partial charge in [0.1, 0.15) is 11.5 Å². The molecule has 24 heavy (non-hydrogen) atoms. The lowest BCUT2D eigenvalue weighted by Crippen LogP contribution is -2.62.